The average molecular weight is 261 g/mol. The van der Waals surface area contributed by atoms with E-state index in [4.69, 9.17) is 4.74 Å². The molecule has 18 heavy (non-hydrogen) atoms. The molecule has 0 radical (unpaired) electrons. The molecule has 102 valence electrons. The average Bonchev–Trinajstić information content (AvgIpc) is 2.34. The monoisotopic (exact) mass is 261 g/mol. The molecule has 0 saturated carbocycles. The second kappa shape index (κ2) is 6.63. The predicted octanol–water partition coefficient (Wildman–Crippen LogP) is 1.86. The van der Waals surface area contributed by atoms with E-state index in [1.807, 2.05) is 13.8 Å². The molecular formula is C11H17BF3N2O-. The van der Waals surface area contributed by atoms with Crippen LogP contribution in [0.25, 0.3) is 0 Å². The maximum Gasteiger partial charge on any atom is 0.511 e. The molecule has 0 N–H and O–H groups in total. The van der Waals surface area contributed by atoms with Gasteiger partial charge in [0.15, 0.2) is 0 Å². The van der Waals surface area contributed by atoms with Gasteiger partial charge in [-0.2, -0.15) is 0 Å². The lowest BCUT2D eigenvalue weighted by molar-refractivity contribution is 0.222. The molecule has 0 unspecified atom stereocenters. The van der Waals surface area contributed by atoms with E-state index in [-0.39, 0.29) is 5.75 Å². The van der Waals surface area contributed by atoms with E-state index < -0.39 is 12.4 Å². The fourth-order valence-corrected chi connectivity index (χ4v) is 1.53. The van der Waals surface area contributed by atoms with Crippen LogP contribution < -0.4 is 10.2 Å². The third kappa shape index (κ3) is 4.56. The number of pyridine rings is 1. The van der Waals surface area contributed by atoms with Crippen LogP contribution >= 0.6 is 0 Å². The highest BCUT2D eigenvalue weighted by molar-refractivity contribution is 6.73. The van der Waals surface area contributed by atoms with Gasteiger partial charge in [-0.25, -0.2) is 0 Å². The first-order chi connectivity index (χ1) is 8.47. The third-order valence-electron chi connectivity index (χ3n) is 2.68. The van der Waals surface area contributed by atoms with Gasteiger partial charge in [-0.15, -0.1) is 0 Å². The maximum absolute atomic E-state index is 12.5. The van der Waals surface area contributed by atoms with Crippen molar-refractivity contribution in [2.24, 2.45) is 0 Å². The predicted molar refractivity (Wildman–Crippen MR) is 66.2 cm³/mol. The number of hydrogen-bond donors (Lipinski definition) is 0. The summed E-state index contributed by atoms with van der Waals surface area (Å²) in [6, 6.07) is 0.995. The lowest BCUT2D eigenvalue weighted by atomic mass is 9.81. The Bertz CT molecular complexity index is 370. The van der Waals surface area contributed by atoms with Crippen LogP contribution in [0.4, 0.5) is 12.9 Å². The fraction of sp³-hybridized carbons (Fsp3) is 0.545. The van der Waals surface area contributed by atoms with Gasteiger partial charge in [-0.05, 0) is 19.2 Å². The first-order valence-corrected chi connectivity index (χ1v) is 5.97. The molecule has 1 heterocycles. The Hall–Kier alpha value is -1.24. The number of aromatic nitrogens is 1. The lowest BCUT2D eigenvalue weighted by Crippen LogP contribution is -2.34. The van der Waals surface area contributed by atoms with Crippen molar-refractivity contribution in [3.05, 3.63) is 18.5 Å². The molecule has 0 saturated heterocycles. The van der Waals surface area contributed by atoms with Gasteiger partial charge in [0.05, 0.1) is 6.20 Å². The van der Waals surface area contributed by atoms with Crippen LogP contribution in [0.2, 0.25) is 0 Å². The molecule has 0 atom stereocenters. The van der Waals surface area contributed by atoms with Gasteiger partial charge in [-0.3, -0.25) is 4.98 Å². The number of hydrogen-bond acceptors (Lipinski definition) is 3. The molecule has 0 aliphatic rings. The van der Waals surface area contributed by atoms with E-state index in [1.54, 1.807) is 0 Å². The van der Waals surface area contributed by atoms with E-state index in [0.29, 0.717) is 13.2 Å². The minimum Gasteiger partial charge on any atom is -0.491 e. The van der Waals surface area contributed by atoms with Crippen molar-refractivity contribution in [1.82, 2.24) is 9.88 Å². The number of nitrogens with zero attached hydrogens (tertiary/aromatic N) is 2. The Labute approximate surface area is 105 Å². The van der Waals surface area contributed by atoms with Crippen LogP contribution in [0, 0.1) is 0 Å². The largest absolute Gasteiger partial charge is 0.511 e. The van der Waals surface area contributed by atoms with Crippen molar-refractivity contribution in [1.29, 1.82) is 0 Å². The molecule has 0 bridgehead atoms. The molecule has 0 fully saturated rings. The number of likely N-dealkylation sites (N-methyl/N-ethyl adjacent to an activating group) is 1. The Morgan fingerprint density at radius 3 is 2.44 bits per heavy atom. The van der Waals surface area contributed by atoms with Gasteiger partial charge in [-0.1, -0.05) is 19.3 Å². The van der Waals surface area contributed by atoms with Crippen LogP contribution in [0.1, 0.15) is 13.8 Å². The second-order valence-electron chi connectivity index (χ2n) is 3.90. The summed E-state index contributed by atoms with van der Waals surface area (Å²) in [5, 5.41) is 0. The molecule has 3 nitrogen and oxygen atoms in total. The molecule has 0 aromatic carbocycles. The Morgan fingerprint density at radius 1 is 1.22 bits per heavy atom. The summed E-state index contributed by atoms with van der Waals surface area (Å²) in [5.74, 6) is 0.166. The minimum absolute atomic E-state index is 0.166. The van der Waals surface area contributed by atoms with E-state index in [1.165, 1.54) is 6.20 Å². The standard InChI is InChI=1S/C11H17BF3N2O/c1-3-17(4-2)5-6-18-11-7-10(8-16-9-11)12(13,14)15/h7-9H,3-6H2,1-2H3/q-1. The van der Waals surface area contributed by atoms with Crippen molar-refractivity contribution in [2.75, 3.05) is 26.2 Å². The zero-order chi connectivity index (χ0) is 13.6. The Balaban J connectivity index is 2.53. The fourth-order valence-electron chi connectivity index (χ4n) is 1.53. The molecule has 0 aliphatic heterocycles. The topological polar surface area (TPSA) is 25.4 Å². The van der Waals surface area contributed by atoms with Crippen molar-refractivity contribution in [3.8, 4) is 5.75 Å². The normalized spacial score (nSPS) is 11.9. The van der Waals surface area contributed by atoms with Gasteiger partial charge < -0.3 is 22.6 Å². The van der Waals surface area contributed by atoms with Crippen molar-refractivity contribution in [2.45, 2.75) is 13.8 Å². The van der Waals surface area contributed by atoms with E-state index >= 15 is 0 Å². The van der Waals surface area contributed by atoms with Crippen LogP contribution in [-0.4, -0.2) is 43.1 Å². The third-order valence-corrected chi connectivity index (χ3v) is 2.68. The van der Waals surface area contributed by atoms with E-state index in [2.05, 4.69) is 9.88 Å². The summed E-state index contributed by atoms with van der Waals surface area (Å²) in [7, 11) is 0. The molecular weight excluding hydrogens is 244 g/mol. The molecule has 1 aromatic rings. The van der Waals surface area contributed by atoms with Crippen molar-refractivity contribution < 1.29 is 17.7 Å². The zero-order valence-corrected chi connectivity index (χ0v) is 10.6. The highest BCUT2D eigenvalue weighted by Gasteiger charge is 2.26. The van der Waals surface area contributed by atoms with Gasteiger partial charge in [0.1, 0.15) is 12.4 Å². The molecule has 7 heteroatoms. The van der Waals surface area contributed by atoms with Crippen LogP contribution in [0.15, 0.2) is 18.5 Å². The van der Waals surface area contributed by atoms with Gasteiger partial charge in [0.25, 0.3) is 0 Å². The zero-order valence-electron chi connectivity index (χ0n) is 10.6. The minimum atomic E-state index is -5.02. The van der Waals surface area contributed by atoms with E-state index in [9.17, 15) is 12.9 Å². The summed E-state index contributed by atoms with van der Waals surface area (Å²) >= 11 is 0. The summed E-state index contributed by atoms with van der Waals surface area (Å²) in [6.45, 7) is 1.87. The summed E-state index contributed by atoms with van der Waals surface area (Å²) in [6.07, 6.45) is 2.12. The van der Waals surface area contributed by atoms with Crippen molar-refractivity contribution >= 4 is 12.4 Å². The Kier molecular flexibility index (Phi) is 5.46. The molecule has 1 aromatic heterocycles. The van der Waals surface area contributed by atoms with Gasteiger partial charge >= 0.3 is 6.98 Å². The highest BCUT2D eigenvalue weighted by Crippen LogP contribution is 2.12. The molecule has 0 amide bonds. The number of rotatable bonds is 7. The molecule has 0 aliphatic carbocycles. The van der Waals surface area contributed by atoms with Crippen LogP contribution in [-0.2, 0) is 0 Å². The SMILES string of the molecule is CCN(CC)CCOc1cncc([B-](F)(F)F)c1. The molecule has 0 spiro atoms. The van der Waals surface area contributed by atoms with Crippen LogP contribution in [0.3, 0.4) is 0 Å². The summed E-state index contributed by atoms with van der Waals surface area (Å²) in [4.78, 5) is 5.68. The van der Waals surface area contributed by atoms with Gasteiger partial charge in [0, 0.05) is 12.7 Å². The number of halogens is 3. The summed E-state index contributed by atoms with van der Waals surface area (Å²) in [5.41, 5.74) is -0.727. The maximum atomic E-state index is 12.5. The first-order valence-electron chi connectivity index (χ1n) is 5.97. The quantitative estimate of drug-likeness (QED) is 0.700. The second-order valence-corrected chi connectivity index (χ2v) is 3.90. The lowest BCUT2D eigenvalue weighted by Gasteiger charge is -2.19. The first kappa shape index (κ1) is 14.8. The van der Waals surface area contributed by atoms with E-state index in [0.717, 1.165) is 25.4 Å². The smallest absolute Gasteiger partial charge is 0.491 e. The summed E-state index contributed by atoms with van der Waals surface area (Å²) < 4.78 is 42.7. The highest BCUT2D eigenvalue weighted by atomic mass is 19.4. The molecule has 1 rings (SSSR count). The Morgan fingerprint density at radius 2 is 1.89 bits per heavy atom. The van der Waals surface area contributed by atoms with Crippen LogP contribution in [0.5, 0.6) is 5.75 Å². The number of ether oxygens (including phenoxy) is 1. The van der Waals surface area contributed by atoms with Crippen molar-refractivity contribution in [3.63, 3.8) is 0 Å². The van der Waals surface area contributed by atoms with Gasteiger partial charge in [0.2, 0.25) is 0 Å².